The van der Waals surface area contributed by atoms with E-state index in [1.165, 1.54) is 5.56 Å². The third-order valence-corrected chi connectivity index (χ3v) is 8.20. The van der Waals surface area contributed by atoms with Crippen molar-refractivity contribution < 1.29 is 36.8 Å². The fourth-order valence-corrected chi connectivity index (χ4v) is 6.57. The van der Waals surface area contributed by atoms with Gasteiger partial charge < -0.3 is 32.1 Å². The Kier molecular flexibility index (Phi) is 7.72. The van der Waals surface area contributed by atoms with Gasteiger partial charge in [-0.05, 0) is 43.7 Å². The molecule has 35 heavy (non-hydrogen) atoms. The number of nitrogens with two attached hydrogens (primary N) is 1. The number of benzene rings is 2. The van der Waals surface area contributed by atoms with Crippen molar-refractivity contribution in [3.63, 3.8) is 0 Å². The number of carbonyl (C=O) groups is 2. The number of para-hydroxylation sites is 1. The Bertz CT molecular complexity index is 1060. The van der Waals surface area contributed by atoms with Gasteiger partial charge in [0.2, 0.25) is 5.91 Å². The number of likely N-dealkylation sites (tertiary alicyclic amines) is 1. The molecular weight excluding hydrogens is 464 g/mol. The van der Waals surface area contributed by atoms with Gasteiger partial charge >= 0.3 is 0 Å². The van der Waals surface area contributed by atoms with Crippen LogP contribution in [0, 0.1) is 5.92 Å². The fourth-order valence-electron chi connectivity index (χ4n) is 6.57. The second-order valence-electron chi connectivity index (χ2n) is 10.1. The molecule has 2 aromatic rings. The molecule has 7 heteroatoms. The van der Waals surface area contributed by atoms with E-state index in [9.17, 15) is 9.59 Å². The number of halogens is 1. The Labute approximate surface area is 213 Å². The zero-order valence-corrected chi connectivity index (χ0v) is 21.3. The van der Waals surface area contributed by atoms with Crippen LogP contribution < -0.4 is 27.2 Å². The summed E-state index contributed by atoms with van der Waals surface area (Å²) in [4.78, 5) is 28.4. The highest BCUT2D eigenvalue weighted by Crippen LogP contribution is 2.49. The van der Waals surface area contributed by atoms with Gasteiger partial charge in [0.25, 0.3) is 0 Å². The molecule has 0 bridgehead atoms. The molecule has 3 heterocycles. The summed E-state index contributed by atoms with van der Waals surface area (Å²) in [5, 5.41) is 2.27. The van der Waals surface area contributed by atoms with Gasteiger partial charge in [-0.25, -0.2) is 0 Å². The quantitative estimate of drug-likeness (QED) is 0.612. The summed E-state index contributed by atoms with van der Waals surface area (Å²) in [5.41, 5.74) is 2.13. The van der Waals surface area contributed by atoms with Crippen molar-refractivity contribution in [2.24, 2.45) is 5.92 Å². The monoisotopic (exact) mass is 498 g/mol. The van der Waals surface area contributed by atoms with E-state index < -0.39 is 0 Å². The summed E-state index contributed by atoms with van der Waals surface area (Å²) in [6, 6.07) is 16.5. The van der Waals surface area contributed by atoms with Gasteiger partial charge in [-0.3, -0.25) is 9.59 Å². The molecule has 4 atom stereocenters. The lowest BCUT2D eigenvalue weighted by Crippen LogP contribution is -3.00. The largest absolute Gasteiger partial charge is 1.00 e. The zero-order chi connectivity index (χ0) is 23.7. The van der Waals surface area contributed by atoms with Crippen LogP contribution in [0.25, 0.3) is 0 Å². The number of hydrogen-bond acceptors (Lipinski definition) is 4. The minimum atomic E-state index is -0.268. The Hall–Kier alpha value is -2.57. The first-order chi connectivity index (χ1) is 16.5. The van der Waals surface area contributed by atoms with Crippen molar-refractivity contribution in [3.05, 3.63) is 59.7 Å². The molecule has 2 unspecified atom stereocenters. The first kappa shape index (κ1) is 25.5. The van der Waals surface area contributed by atoms with E-state index >= 15 is 0 Å². The Morgan fingerprint density at radius 3 is 2.71 bits per heavy atom. The Morgan fingerprint density at radius 1 is 1.17 bits per heavy atom. The molecule has 1 amide bonds. The molecule has 2 saturated heterocycles. The van der Waals surface area contributed by atoms with Gasteiger partial charge in [-0.1, -0.05) is 42.5 Å². The number of amides is 1. The molecule has 2 N–H and O–H groups in total. The highest BCUT2D eigenvalue weighted by molar-refractivity contribution is 5.83. The van der Waals surface area contributed by atoms with Gasteiger partial charge in [-0.15, -0.1) is 0 Å². The fraction of sp³-hybridized carbons (Fsp3) is 0.500. The van der Waals surface area contributed by atoms with Crippen molar-refractivity contribution in [2.75, 3.05) is 33.4 Å². The predicted octanol–water partition coefficient (Wildman–Crippen LogP) is -0.333. The van der Waals surface area contributed by atoms with Crippen LogP contribution in [0.1, 0.15) is 49.7 Å². The zero-order valence-electron chi connectivity index (χ0n) is 20.5. The van der Waals surface area contributed by atoms with Gasteiger partial charge in [0.15, 0.2) is 11.5 Å². The van der Waals surface area contributed by atoms with Crippen LogP contribution in [0.15, 0.2) is 48.5 Å². The number of piperidine rings is 1. The van der Waals surface area contributed by atoms with E-state index in [1.807, 2.05) is 23.1 Å². The summed E-state index contributed by atoms with van der Waals surface area (Å²) in [6.07, 6.45) is 3.01. The normalized spacial score (nSPS) is 27.5. The van der Waals surface area contributed by atoms with Crippen LogP contribution in [-0.2, 0) is 15.0 Å². The standard InChI is InChI=1S/C28H34N2O4.ClH/c1-19(31)15-22-16-21(20-7-4-3-5-8-20)11-13-30(22)27(32)24-17-29-18-28(24)12-14-34-26-23(28)9-6-10-25(26)33-2;/h3-10,21-22,24,29H,11-18H2,1-2H3;1H/t21?,22?,24-,28-;/m0./s1. The second-order valence-corrected chi connectivity index (χ2v) is 10.1. The lowest BCUT2D eigenvalue weighted by Gasteiger charge is -2.43. The van der Waals surface area contributed by atoms with Gasteiger partial charge in [-0.2, -0.15) is 0 Å². The lowest BCUT2D eigenvalue weighted by atomic mass is 9.68. The molecule has 0 saturated carbocycles. The number of carbonyl (C=O) groups excluding carboxylic acids is 2. The maximum Gasteiger partial charge on any atom is 0.232 e. The molecule has 6 nitrogen and oxygen atoms in total. The van der Waals surface area contributed by atoms with Crippen LogP contribution in [0.2, 0.25) is 0 Å². The third-order valence-electron chi connectivity index (χ3n) is 8.20. The first-order valence-corrected chi connectivity index (χ1v) is 12.5. The smallest absolute Gasteiger partial charge is 0.232 e. The second kappa shape index (κ2) is 10.6. The van der Waals surface area contributed by atoms with E-state index in [-0.39, 0.29) is 41.5 Å². The first-order valence-electron chi connectivity index (χ1n) is 12.5. The number of fused-ring (bicyclic) bond motifs is 2. The van der Waals surface area contributed by atoms with Gasteiger partial charge in [0, 0.05) is 24.6 Å². The molecule has 0 radical (unpaired) electrons. The molecule has 5 rings (SSSR count). The number of hydrogen-bond donors (Lipinski definition) is 1. The van der Waals surface area contributed by atoms with Crippen LogP contribution in [0.3, 0.4) is 0 Å². The number of Topliss-reactive ketones (excluding diaryl/α,β-unsaturated/α-hetero) is 1. The number of ether oxygens (including phenoxy) is 2. The van der Waals surface area contributed by atoms with E-state index in [4.69, 9.17) is 9.47 Å². The third kappa shape index (κ3) is 4.66. The lowest BCUT2D eigenvalue weighted by molar-refractivity contribution is -0.640. The summed E-state index contributed by atoms with van der Waals surface area (Å²) < 4.78 is 11.6. The minimum absolute atomic E-state index is 0. The SMILES string of the molecule is COc1cccc2c1OCC[C@]21C[NH2+]C[C@H]1C(=O)N1CCC(c2ccccc2)CC1CC(C)=O.[Cl-]. The van der Waals surface area contributed by atoms with Crippen LogP contribution >= 0.6 is 0 Å². The number of ketones is 1. The molecule has 2 fully saturated rings. The van der Waals surface area contributed by atoms with Crippen molar-refractivity contribution in [3.8, 4) is 11.5 Å². The van der Waals surface area contributed by atoms with E-state index in [0.717, 1.165) is 49.4 Å². The van der Waals surface area contributed by atoms with Crippen molar-refractivity contribution in [1.29, 1.82) is 0 Å². The number of methoxy groups -OCH3 is 1. The number of rotatable bonds is 5. The average molecular weight is 499 g/mol. The molecule has 0 aromatic heterocycles. The minimum Gasteiger partial charge on any atom is -1.00 e. The van der Waals surface area contributed by atoms with Crippen LogP contribution in [0.4, 0.5) is 0 Å². The molecule has 0 aliphatic carbocycles. The summed E-state index contributed by atoms with van der Waals surface area (Å²) in [5.74, 6) is 2.10. The van der Waals surface area contributed by atoms with Crippen molar-refractivity contribution in [1.82, 2.24) is 4.90 Å². The molecule has 188 valence electrons. The van der Waals surface area contributed by atoms with Crippen molar-refractivity contribution in [2.45, 2.75) is 50.0 Å². The summed E-state index contributed by atoms with van der Waals surface area (Å²) in [7, 11) is 1.66. The molecule has 3 aliphatic rings. The molecule has 2 aromatic carbocycles. The summed E-state index contributed by atoms with van der Waals surface area (Å²) in [6.45, 7) is 4.55. The number of quaternary nitrogens is 1. The van der Waals surface area contributed by atoms with E-state index in [0.29, 0.717) is 25.5 Å². The average Bonchev–Trinajstić information content (AvgIpc) is 3.27. The number of nitrogens with zero attached hydrogens (tertiary/aromatic N) is 1. The van der Waals surface area contributed by atoms with E-state index in [2.05, 4.69) is 35.6 Å². The predicted molar refractivity (Wildman–Crippen MR) is 129 cm³/mol. The van der Waals surface area contributed by atoms with E-state index in [1.54, 1.807) is 14.0 Å². The molecule has 1 spiro atoms. The molecular formula is C28H35ClN2O4. The highest BCUT2D eigenvalue weighted by Gasteiger charge is 2.56. The maximum atomic E-state index is 14.2. The Morgan fingerprint density at radius 2 is 1.97 bits per heavy atom. The van der Waals surface area contributed by atoms with Gasteiger partial charge in [0.1, 0.15) is 11.7 Å². The van der Waals surface area contributed by atoms with Gasteiger partial charge in [0.05, 0.1) is 32.2 Å². The Balaban J connectivity index is 0.00000289. The highest BCUT2D eigenvalue weighted by atomic mass is 35.5. The molecule has 3 aliphatic heterocycles. The summed E-state index contributed by atoms with van der Waals surface area (Å²) >= 11 is 0. The van der Waals surface area contributed by atoms with Crippen molar-refractivity contribution >= 4 is 11.7 Å². The van der Waals surface area contributed by atoms with Crippen LogP contribution in [-0.4, -0.2) is 56.0 Å². The topological polar surface area (TPSA) is 72.5 Å². The van der Waals surface area contributed by atoms with Crippen LogP contribution in [0.5, 0.6) is 11.5 Å². The maximum absolute atomic E-state index is 14.2.